The zero-order valence-electron chi connectivity index (χ0n) is 11.2. The number of carbonyl (C=O) groups is 2. The summed E-state index contributed by atoms with van der Waals surface area (Å²) in [6.45, 7) is 0. The Hall–Kier alpha value is -2.93. The number of primary amides is 1. The third kappa shape index (κ3) is 2.27. The lowest BCUT2D eigenvalue weighted by molar-refractivity contribution is 0.0696. The maximum Gasteiger partial charge on any atom is 0.335 e. The van der Waals surface area contributed by atoms with E-state index in [4.69, 9.17) is 16.6 Å². The number of nitrogen functional groups attached to an aromatic ring is 1. The standard InChI is InChI=1S/C15H11N3O3S/c16-11-9-5-6-10(18-14(9)22-12(11)13(17)19)7-1-3-8(4-2-7)15(20)21/h1-6H,16H2,(H2,17,19)(H,20,21). The van der Waals surface area contributed by atoms with E-state index in [9.17, 15) is 9.59 Å². The van der Waals surface area contributed by atoms with E-state index in [0.717, 1.165) is 16.9 Å². The molecule has 0 spiro atoms. The monoisotopic (exact) mass is 313 g/mol. The zero-order chi connectivity index (χ0) is 15.9. The Morgan fingerprint density at radius 3 is 2.36 bits per heavy atom. The summed E-state index contributed by atoms with van der Waals surface area (Å²) in [5, 5.41) is 9.59. The minimum Gasteiger partial charge on any atom is -0.478 e. The van der Waals surface area contributed by atoms with Gasteiger partial charge in [0.15, 0.2) is 0 Å². The lowest BCUT2D eigenvalue weighted by Gasteiger charge is -2.02. The summed E-state index contributed by atoms with van der Waals surface area (Å²) in [5.74, 6) is -1.56. The molecule has 0 unspecified atom stereocenters. The van der Waals surface area contributed by atoms with Gasteiger partial charge in [-0.25, -0.2) is 9.78 Å². The highest BCUT2D eigenvalue weighted by molar-refractivity contribution is 7.21. The minimum absolute atomic E-state index is 0.209. The number of aromatic nitrogens is 1. The molecule has 0 aliphatic heterocycles. The van der Waals surface area contributed by atoms with E-state index in [0.29, 0.717) is 26.5 Å². The van der Waals surface area contributed by atoms with Crippen LogP contribution in [0.4, 0.5) is 5.69 Å². The van der Waals surface area contributed by atoms with Crippen molar-refractivity contribution in [2.75, 3.05) is 5.73 Å². The summed E-state index contributed by atoms with van der Waals surface area (Å²) in [4.78, 5) is 27.5. The number of benzene rings is 1. The molecule has 22 heavy (non-hydrogen) atoms. The summed E-state index contributed by atoms with van der Waals surface area (Å²) in [7, 11) is 0. The molecule has 7 heteroatoms. The molecule has 0 aliphatic rings. The van der Waals surface area contributed by atoms with Gasteiger partial charge >= 0.3 is 5.97 Å². The first-order valence-corrected chi connectivity index (χ1v) is 7.11. The van der Waals surface area contributed by atoms with Crippen molar-refractivity contribution in [1.82, 2.24) is 4.98 Å². The summed E-state index contributed by atoms with van der Waals surface area (Å²) in [5.41, 5.74) is 13.2. The molecular weight excluding hydrogens is 302 g/mol. The van der Waals surface area contributed by atoms with Crippen LogP contribution in [-0.4, -0.2) is 22.0 Å². The highest BCUT2D eigenvalue weighted by Crippen LogP contribution is 2.33. The van der Waals surface area contributed by atoms with E-state index in [1.54, 1.807) is 24.3 Å². The number of carboxylic acids is 1. The first-order valence-electron chi connectivity index (χ1n) is 6.30. The van der Waals surface area contributed by atoms with E-state index in [1.807, 2.05) is 0 Å². The second kappa shape index (κ2) is 5.12. The van der Waals surface area contributed by atoms with Gasteiger partial charge in [0.05, 0.1) is 16.9 Å². The topological polar surface area (TPSA) is 119 Å². The number of carbonyl (C=O) groups excluding carboxylic acids is 1. The lowest BCUT2D eigenvalue weighted by atomic mass is 10.1. The van der Waals surface area contributed by atoms with Crippen LogP contribution in [0.1, 0.15) is 20.0 Å². The highest BCUT2D eigenvalue weighted by atomic mass is 32.1. The van der Waals surface area contributed by atoms with Crippen molar-refractivity contribution in [2.24, 2.45) is 5.73 Å². The van der Waals surface area contributed by atoms with Gasteiger partial charge in [0, 0.05) is 10.9 Å². The van der Waals surface area contributed by atoms with Gasteiger partial charge < -0.3 is 16.6 Å². The Bertz CT molecular complexity index is 900. The predicted molar refractivity (Wildman–Crippen MR) is 84.9 cm³/mol. The highest BCUT2D eigenvalue weighted by Gasteiger charge is 2.15. The summed E-state index contributed by atoms with van der Waals surface area (Å²) < 4.78 is 0. The first-order chi connectivity index (χ1) is 10.5. The summed E-state index contributed by atoms with van der Waals surface area (Å²) in [6.07, 6.45) is 0. The number of rotatable bonds is 3. The Morgan fingerprint density at radius 1 is 1.09 bits per heavy atom. The number of carboxylic acid groups (broad SMARTS) is 1. The molecule has 0 aliphatic carbocycles. The van der Waals surface area contributed by atoms with Crippen molar-refractivity contribution in [3.05, 3.63) is 46.8 Å². The average Bonchev–Trinajstić information content (AvgIpc) is 2.84. The SMILES string of the molecule is NC(=O)c1sc2nc(-c3ccc(C(=O)O)cc3)ccc2c1N. The molecule has 0 radical (unpaired) electrons. The normalized spacial score (nSPS) is 10.7. The molecule has 0 saturated carbocycles. The van der Waals surface area contributed by atoms with Gasteiger partial charge in [-0.3, -0.25) is 4.79 Å². The van der Waals surface area contributed by atoms with Gasteiger partial charge in [-0.2, -0.15) is 0 Å². The number of nitrogens with two attached hydrogens (primary N) is 2. The molecule has 3 rings (SSSR count). The van der Waals surface area contributed by atoms with E-state index in [1.165, 1.54) is 12.1 Å². The molecule has 0 atom stereocenters. The Labute approximate surface area is 129 Å². The van der Waals surface area contributed by atoms with E-state index in [-0.39, 0.29) is 5.56 Å². The molecule has 3 aromatic rings. The number of thiophene rings is 1. The van der Waals surface area contributed by atoms with Gasteiger partial charge in [-0.15, -0.1) is 11.3 Å². The molecule has 5 N–H and O–H groups in total. The van der Waals surface area contributed by atoms with Crippen LogP contribution in [0.25, 0.3) is 21.5 Å². The predicted octanol–water partition coefficient (Wildman–Crippen LogP) is 2.34. The molecule has 2 heterocycles. The minimum atomic E-state index is -0.980. The van der Waals surface area contributed by atoms with Crippen molar-refractivity contribution < 1.29 is 14.7 Å². The van der Waals surface area contributed by atoms with Gasteiger partial charge in [0.25, 0.3) is 5.91 Å². The summed E-state index contributed by atoms with van der Waals surface area (Å²) in [6, 6.07) is 9.95. The third-order valence-corrected chi connectivity index (χ3v) is 4.37. The van der Waals surface area contributed by atoms with Crippen molar-refractivity contribution >= 4 is 39.1 Å². The van der Waals surface area contributed by atoms with Crippen LogP contribution in [0.5, 0.6) is 0 Å². The fourth-order valence-corrected chi connectivity index (χ4v) is 3.07. The fraction of sp³-hybridized carbons (Fsp3) is 0. The molecule has 1 amide bonds. The fourth-order valence-electron chi connectivity index (χ4n) is 2.12. The molecule has 110 valence electrons. The molecule has 0 fully saturated rings. The van der Waals surface area contributed by atoms with Gasteiger partial charge in [-0.05, 0) is 24.3 Å². The number of fused-ring (bicyclic) bond motifs is 1. The Kier molecular flexibility index (Phi) is 3.26. The van der Waals surface area contributed by atoms with Crippen LogP contribution in [-0.2, 0) is 0 Å². The van der Waals surface area contributed by atoms with E-state index >= 15 is 0 Å². The van der Waals surface area contributed by atoms with Gasteiger partial charge in [0.2, 0.25) is 0 Å². The molecule has 6 nitrogen and oxygen atoms in total. The van der Waals surface area contributed by atoms with Crippen molar-refractivity contribution in [2.45, 2.75) is 0 Å². The number of hydrogen-bond acceptors (Lipinski definition) is 5. The van der Waals surface area contributed by atoms with Crippen molar-refractivity contribution in [3.8, 4) is 11.3 Å². The second-order valence-electron chi connectivity index (χ2n) is 4.64. The van der Waals surface area contributed by atoms with Crippen LogP contribution >= 0.6 is 11.3 Å². The molecule has 2 aromatic heterocycles. The number of pyridine rings is 1. The number of aromatic carboxylic acids is 1. The lowest BCUT2D eigenvalue weighted by Crippen LogP contribution is -2.10. The number of amides is 1. The summed E-state index contributed by atoms with van der Waals surface area (Å²) >= 11 is 1.14. The van der Waals surface area contributed by atoms with Crippen LogP contribution in [0.15, 0.2) is 36.4 Å². The largest absolute Gasteiger partial charge is 0.478 e. The number of anilines is 1. The first kappa shape index (κ1) is 14.0. The second-order valence-corrected chi connectivity index (χ2v) is 5.64. The molecule has 0 saturated heterocycles. The Balaban J connectivity index is 2.08. The van der Waals surface area contributed by atoms with Crippen LogP contribution in [0.3, 0.4) is 0 Å². The van der Waals surface area contributed by atoms with Gasteiger partial charge in [0.1, 0.15) is 9.71 Å². The maximum absolute atomic E-state index is 11.3. The quantitative estimate of drug-likeness (QED) is 0.685. The average molecular weight is 313 g/mol. The van der Waals surface area contributed by atoms with E-state index < -0.39 is 11.9 Å². The van der Waals surface area contributed by atoms with Gasteiger partial charge in [-0.1, -0.05) is 12.1 Å². The smallest absolute Gasteiger partial charge is 0.335 e. The number of hydrogen-bond donors (Lipinski definition) is 3. The van der Waals surface area contributed by atoms with Crippen LogP contribution in [0.2, 0.25) is 0 Å². The zero-order valence-corrected chi connectivity index (χ0v) is 12.1. The molecular formula is C15H11N3O3S. The van der Waals surface area contributed by atoms with Crippen molar-refractivity contribution in [1.29, 1.82) is 0 Å². The van der Waals surface area contributed by atoms with Crippen LogP contribution < -0.4 is 11.5 Å². The van der Waals surface area contributed by atoms with Crippen molar-refractivity contribution in [3.63, 3.8) is 0 Å². The maximum atomic E-state index is 11.3. The van der Waals surface area contributed by atoms with Crippen LogP contribution in [0, 0.1) is 0 Å². The molecule has 1 aromatic carbocycles. The molecule has 0 bridgehead atoms. The number of nitrogens with zero attached hydrogens (tertiary/aromatic N) is 1. The third-order valence-electron chi connectivity index (χ3n) is 3.25. The van der Waals surface area contributed by atoms with E-state index in [2.05, 4.69) is 4.98 Å². The Morgan fingerprint density at radius 2 is 1.77 bits per heavy atom.